The summed E-state index contributed by atoms with van der Waals surface area (Å²) in [5, 5.41) is 32.6. The number of rotatable bonds is 14. The SMILES string of the molecule is CC(C)C[C@H](NC(=O)[C@H](CN1CCC(C(F)(F)F)CC1)NC(=O)O)C(=O)N[C@@H](C[C@@H]1CCNC1=O)C(O)C(=O)NC(C)C. The van der Waals surface area contributed by atoms with Gasteiger partial charge in [0.2, 0.25) is 17.7 Å². The molecule has 5 atom stereocenters. The Morgan fingerprint density at radius 3 is 2.02 bits per heavy atom. The van der Waals surface area contributed by atoms with E-state index in [2.05, 4.69) is 26.6 Å². The van der Waals surface area contributed by atoms with Crippen molar-refractivity contribution in [3.05, 3.63) is 0 Å². The summed E-state index contributed by atoms with van der Waals surface area (Å²) < 4.78 is 39.2. The van der Waals surface area contributed by atoms with Crippen LogP contribution in [0.2, 0.25) is 0 Å². The van der Waals surface area contributed by atoms with Gasteiger partial charge in [-0.1, -0.05) is 13.8 Å². The van der Waals surface area contributed by atoms with E-state index in [0.29, 0.717) is 13.0 Å². The molecule has 2 fully saturated rings. The maximum Gasteiger partial charge on any atom is 0.405 e. The number of aliphatic hydroxyl groups is 1. The van der Waals surface area contributed by atoms with E-state index in [9.17, 15) is 47.4 Å². The molecule has 0 aromatic heterocycles. The van der Waals surface area contributed by atoms with Gasteiger partial charge in [0.15, 0.2) is 6.10 Å². The molecule has 0 aliphatic carbocycles. The average Bonchev–Trinajstić information content (AvgIpc) is 3.29. The summed E-state index contributed by atoms with van der Waals surface area (Å²) in [5.74, 6) is -4.78. The first-order valence-electron chi connectivity index (χ1n) is 14.6. The van der Waals surface area contributed by atoms with Crippen LogP contribution >= 0.6 is 0 Å². The molecule has 0 spiro atoms. The van der Waals surface area contributed by atoms with E-state index in [1.807, 2.05) is 0 Å². The first-order chi connectivity index (χ1) is 20.0. The number of piperidine rings is 1. The summed E-state index contributed by atoms with van der Waals surface area (Å²) in [5.41, 5.74) is 0. The molecule has 16 heteroatoms. The number of likely N-dealkylation sites (tertiary alicyclic amines) is 1. The second-order valence-electron chi connectivity index (χ2n) is 12.0. The Morgan fingerprint density at radius 2 is 1.53 bits per heavy atom. The van der Waals surface area contributed by atoms with Gasteiger partial charge in [-0.15, -0.1) is 0 Å². The van der Waals surface area contributed by atoms with Crippen molar-refractivity contribution >= 4 is 29.7 Å². The monoisotopic (exact) mass is 622 g/mol. The largest absolute Gasteiger partial charge is 0.465 e. The maximum absolute atomic E-state index is 13.5. The summed E-state index contributed by atoms with van der Waals surface area (Å²) in [6.45, 7) is 7.19. The number of hydrogen-bond donors (Lipinski definition) is 7. The van der Waals surface area contributed by atoms with Crippen LogP contribution in [0.3, 0.4) is 0 Å². The maximum atomic E-state index is 13.5. The van der Waals surface area contributed by atoms with Gasteiger partial charge in [-0.25, -0.2) is 4.79 Å². The third-order valence-electron chi connectivity index (χ3n) is 7.56. The standard InChI is InChI=1S/C27H45F3N6O7/c1-14(2)11-19(23(39)33-18(12-16-5-8-31-22(16)38)21(37)25(41)32-15(3)4)34-24(40)20(35-26(42)43)13-36-9-6-17(7-10-36)27(28,29)30/h14-21,35,37H,5-13H2,1-4H3,(H,31,38)(H,32,41)(H,33,39)(H,34,40)(H,42,43)/t16-,18-,19-,20-,21?/m0/s1. The average molecular weight is 623 g/mol. The van der Waals surface area contributed by atoms with Crippen LogP contribution in [0.15, 0.2) is 0 Å². The third-order valence-corrected chi connectivity index (χ3v) is 7.56. The van der Waals surface area contributed by atoms with Crippen molar-refractivity contribution in [2.24, 2.45) is 17.8 Å². The molecule has 1 unspecified atom stereocenters. The lowest BCUT2D eigenvalue weighted by molar-refractivity contribution is -0.185. The van der Waals surface area contributed by atoms with Crippen LogP contribution < -0.4 is 26.6 Å². The molecule has 2 aliphatic rings. The minimum atomic E-state index is -4.33. The van der Waals surface area contributed by atoms with Gasteiger partial charge in [-0.05, 0) is 65.0 Å². The molecular weight excluding hydrogens is 577 g/mol. The van der Waals surface area contributed by atoms with Gasteiger partial charge in [0, 0.05) is 25.0 Å². The topological polar surface area (TPSA) is 189 Å². The highest BCUT2D eigenvalue weighted by molar-refractivity contribution is 5.92. The van der Waals surface area contributed by atoms with Crippen LogP contribution in [-0.2, 0) is 19.2 Å². The second-order valence-corrected chi connectivity index (χ2v) is 12.0. The fourth-order valence-corrected chi connectivity index (χ4v) is 5.30. The molecule has 43 heavy (non-hydrogen) atoms. The van der Waals surface area contributed by atoms with E-state index in [1.54, 1.807) is 32.6 Å². The predicted molar refractivity (Wildman–Crippen MR) is 149 cm³/mol. The number of carboxylic acid groups (broad SMARTS) is 1. The molecule has 0 aromatic carbocycles. The molecule has 0 saturated carbocycles. The quantitative estimate of drug-likeness (QED) is 0.144. The summed E-state index contributed by atoms with van der Waals surface area (Å²) in [6.07, 6.45) is -7.41. The molecule has 0 aromatic rings. The Morgan fingerprint density at radius 1 is 0.930 bits per heavy atom. The molecule has 0 radical (unpaired) electrons. The van der Waals surface area contributed by atoms with Gasteiger partial charge in [-0.3, -0.25) is 19.2 Å². The van der Waals surface area contributed by atoms with Crippen LogP contribution in [0, 0.1) is 17.8 Å². The van der Waals surface area contributed by atoms with E-state index in [4.69, 9.17) is 0 Å². The highest BCUT2D eigenvalue weighted by Gasteiger charge is 2.42. The van der Waals surface area contributed by atoms with E-state index in [0.717, 1.165) is 0 Å². The highest BCUT2D eigenvalue weighted by atomic mass is 19.4. The first kappa shape index (κ1) is 36.1. The van der Waals surface area contributed by atoms with Crippen LogP contribution in [0.4, 0.5) is 18.0 Å². The zero-order valence-electron chi connectivity index (χ0n) is 25.0. The molecule has 2 heterocycles. The second kappa shape index (κ2) is 16.1. The smallest absolute Gasteiger partial charge is 0.405 e. The number of alkyl halides is 3. The fraction of sp³-hybridized carbons (Fsp3) is 0.815. The van der Waals surface area contributed by atoms with E-state index < -0.39 is 66.1 Å². The zero-order chi connectivity index (χ0) is 32.5. The van der Waals surface area contributed by atoms with Crippen molar-refractivity contribution in [2.75, 3.05) is 26.2 Å². The van der Waals surface area contributed by atoms with Crippen LogP contribution in [0.1, 0.15) is 59.8 Å². The minimum absolute atomic E-state index is 0.0118. The summed E-state index contributed by atoms with van der Waals surface area (Å²) >= 11 is 0. The first-order valence-corrected chi connectivity index (χ1v) is 14.6. The fourth-order valence-electron chi connectivity index (χ4n) is 5.30. The van der Waals surface area contributed by atoms with Crippen molar-refractivity contribution < 1.29 is 47.4 Å². The van der Waals surface area contributed by atoms with Gasteiger partial charge in [0.05, 0.1) is 12.0 Å². The number of amides is 5. The number of halogens is 3. The zero-order valence-corrected chi connectivity index (χ0v) is 25.0. The van der Waals surface area contributed by atoms with Gasteiger partial charge in [0.25, 0.3) is 5.91 Å². The third kappa shape index (κ3) is 11.8. The van der Waals surface area contributed by atoms with Crippen molar-refractivity contribution in [2.45, 2.75) is 96.2 Å². The summed E-state index contributed by atoms with van der Waals surface area (Å²) in [7, 11) is 0. The van der Waals surface area contributed by atoms with Crippen LogP contribution in [-0.4, -0.2) is 107 Å². The lowest BCUT2D eigenvalue weighted by Crippen LogP contribution is -2.60. The minimum Gasteiger partial charge on any atom is -0.465 e. The Bertz CT molecular complexity index is 989. The molecule has 2 saturated heterocycles. The molecule has 2 rings (SSSR count). The van der Waals surface area contributed by atoms with Crippen LogP contribution in [0.5, 0.6) is 0 Å². The van der Waals surface area contributed by atoms with E-state index in [1.165, 1.54) is 0 Å². The Hall–Kier alpha value is -3.14. The van der Waals surface area contributed by atoms with Crippen molar-refractivity contribution in [1.29, 1.82) is 0 Å². The predicted octanol–water partition coefficient (Wildman–Crippen LogP) is 0.324. The number of aliphatic hydroxyl groups excluding tert-OH is 1. The molecule has 0 bridgehead atoms. The van der Waals surface area contributed by atoms with Gasteiger partial charge in [-0.2, -0.15) is 13.2 Å². The lowest BCUT2D eigenvalue weighted by atomic mass is 9.93. The van der Waals surface area contributed by atoms with E-state index >= 15 is 0 Å². The van der Waals surface area contributed by atoms with Gasteiger partial charge >= 0.3 is 12.3 Å². The summed E-state index contributed by atoms with van der Waals surface area (Å²) in [6, 6.07) is -4.07. The lowest BCUT2D eigenvalue weighted by Gasteiger charge is -2.35. The Kier molecular flexibility index (Phi) is 13.5. The number of nitrogens with zero attached hydrogens (tertiary/aromatic N) is 1. The molecule has 5 amide bonds. The highest BCUT2D eigenvalue weighted by Crippen LogP contribution is 2.34. The number of carbonyl (C=O) groups excluding carboxylic acids is 4. The van der Waals surface area contributed by atoms with Crippen molar-refractivity contribution in [3.63, 3.8) is 0 Å². The van der Waals surface area contributed by atoms with Crippen LogP contribution in [0.25, 0.3) is 0 Å². The number of carbonyl (C=O) groups is 5. The van der Waals surface area contributed by atoms with E-state index in [-0.39, 0.29) is 63.2 Å². The Balaban J connectivity index is 2.17. The van der Waals surface area contributed by atoms with Gasteiger partial charge in [0.1, 0.15) is 12.1 Å². The van der Waals surface area contributed by atoms with Crippen molar-refractivity contribution in [1.82, 2.24) is 31.5 Å². The van der Waals surface area contributed by atoms with Crippen molar-refractivity contribution in [3.8, 4) is 0 Å². The molecule has 13 nitrogen and oxygen atoms in total. The molecule has 2 aliphatic heterocycles. The Labute approximate surface area is 249 Å². The molecular formula is C27H45F3N6O7. The molecule has 7 N–H and O–H groups in total. The normalized spacial score (nSPS) is 21.1. The van der Waals surface area contributed by atoms with Gasteiger partial charge < -0.3 is 41.7 Å². The number of hydrogen-bond acceptors (Lipinski definition) is 7. The molecule has 246 valence electrons. The summed E-state index contributed by atoms with van der Waals surface area (Å²) in [4.78, 5) is 64.5. The number of nitrogens with one attached hydrogen (secondary N) is 5.